The van der Waals surface area contributed by atoms with E-state index in [-0.39, 0.29) is 5.78 Å². The number of allylic oxidation sites excluding steroid dienone is 1. The molecule has 0 saturated carbocycles. The van der Waals surface area contributed by atoms with Crippen LogP contribution in [0.25, 0.3) is 6.08 Å². The number of hydrogen-bond donors (Lipinski definition) is 1. The molecule has 206 valence electrons. The summed E-state index contributed by atoms with van der Waals surface area (Å²) in [4.78, 5) is 24.4. The summed E-state index contributed by atoms with van der Waals surface area (Å²) in [5.74, 6) is 1.62. The van der Waals surface area contributed by atoms with E-state index >= 15 is 0 Å². The van der Waals surface area contributed by atoms with E-state index in [1.54, 1.807) is 12.2 Å². The van der Waals surface area contributed by atoms with Gasteiger partial charge in [-0.1, -0.05) is 40.5 Å². The fourth-order valence-corrected chi connectivity index (χ4v) is 7.55. The molecule has 38 heavy (non-hydrogen) atoms. The molecule has 1 N–H and O–H groups in total. The van der Waals surface area contributed by atoms with E-state index in [1.165, 1.54) is 45.3 Å². The zero-order chi connectivity index (χ0) is 27.9. The summed E-state index contributed by atoms with van der Waals surface area (Å²) >= 11 is 0. The SMILES string of the molecule is Cc1cc(C(=O)C=Cc2cc(C)c(OC(C)(C)C(=O)O)c(C)c2)cc(C)c1OCCCCC[C@@H]1CCSS1. The van der Waals surface area contributed by atoms with E-state index < -0.39 is 11.6 Å². The van der Waals surface area contributed by atoms with Gasteiger partial charge in [-0.15, -0.1) is 0 Å². The van der Waals surface area contributed by atoms with Crippen molar-refractivity contribution in [3.05, 3.63) is 63.7 Å². The average Bonchev–Trinajstić information content (AvgIpc) is 3.36. The van der Waals surface area contributed by atoms with Crippen molar-refractivity contribution in [1.29, 1.82) is 0 Å². The molecule has 7 heteroatoms. The monoisotopic (exact) mass is 556 g/mol. The number of aryl methyl sites for hydroxylation is 4. The number of carboxylic acid groups (broad SMARTS) is 1. The van der Waals surface area contributed by atoms with Gasteiger partial charge in [0, 0.05) is 16.6 Å². The molecule has 1 aliphatic heterocycles. The van der Waals surface area contributed by atoms with Crippen molar-refractivity contribution < 1.29 is 24.2 Å². The predicted molar refractivity (Wildman–Crippen MR) is 160 cm³/mol. The fraction of sp³-hybridized carbons (Fsp3) is 0.484. The van der Waals surface area contributed by atoms with Gasteiger partial charge in [0.1, 0.15) is 11.5 Å². The van der Waals surface area contributed by atoms with Crippen LogP contribution in [-0.4, -0.2) is 40.1 Å². The highest BCUT2D eigenvalue weighted by molar-refractivity contribution is 8.77. The summed E-state index contributed by atoms with van der Waals surface area (Å²) in [5, 5.41) is 10.2. The lowest BCUT2D eigenvalue weighted by Crippen LogP contribution is -2.38. The molecule has 3 rings (SSSR count). The van der Waals surface area contributed by atoms with Gasteiger partial charge in [-0.25, -0.2) is 4.79 Å². The predicted octanol–water partition coefficient (Wildman–Crippen LogP) is 8.15. The Morgan fingerprint density at radius 3 is 2.18 bits per heavy atom. The first-order valence-corrected chi connectivity index (χ1v) is 15.6. The molecule has 0 amide bonds. The number of aliphatic carboxylic acids is 1. The largest absolute Gasteiger partial charge is 0.493 e. The normalized spacial score (nSPS) is 15.7. The Balaban J connectivity index is 1.58. The highest BCUT2D eigenvalue weighted by Crippen LogP contribution is 2.40. The molecule has 1 fully saturated rings. The Bertz CT molecular complexity index is 1130. The second-order valence-corrected chi connectivity index (χ2v) is 13.4. The van der Waals surface area contributed by atoms with Crippen LogP contribution in [0, 0.1) is 27.7 Å². The first-order chi connectivity index (χ1) is 18.0. The molecule has 0 unspecified atom stereocenters. The molecule has 0 aromatic heterocycles. The van der Waals surface area contributed by atoms with E-state index in [1.807, 2.05) is 73.5 Å². The van der Waals surface area contributed by atoms with Crippen LogP contribution in [-0.2, 0) is 4.79 Å². The Morgan fingerprint density at radius 2 is 1.61 bits per heavy atom. The lowest BCUT2D eigenvalue weighted by molar-refractivity contribution is -0.152. The van der Waals surface area contributed by atoms with Crippen LogP contribution < -0.4 is 9.47 Å². The lowest BCUT2D eigenvalue weighted by Gasteiger charge is -2.24. The summed E-state index contributed by atoms with van der Waals surface area (Å²) in [6, 6.07) is 7.57. The minimum Gasteiger partial charge on any atom is -0.493 e. The van der Waals surface area contributed by atoms with E-state index in [0.29, 0.717) is 17.9 Å². The van der Waals surface area contributed by atoms with Crippen molar-refractivity contribution in [3.63, 3.8) is 0 Å². The number of ketones is 1. The molecule has 0 radical (unpaired) electrons. The van der Waals surface area contributed by atoms with Crippen molar-refractivity contribution in [2.24, 2.45) is 0 Å². The Kier molecular flexibility index (Phi) is 10.8. The summed E-state index contributed by atoms with van der Waals surface area (Å²) in [7, 11) is 4.05. The maximum Gasteiger partial charge on any atom is 0.347 e. The second kappa shape index (κ2) is 13.6. The van der Waals surface area contributed by atoms with E-state index in [2.05, 4.69) is 0 Å². The van der Waals surface area contributed by atoms with Gasteiger partial charge in [0.25, 0.3) is 0 Å². The number of rotatable bonds is 13. The molecule has 0 bridgehead atoms. The molecular formula is C31H40O5S2. The van der Waals surface area contributed by atoms with Gasteiger partial charge >= 0.3 is 5.97 Å². The van der Waals surface area contributed by atoms with Crippen molar-refractivity contribution in [2.45, 2.75) is 84.5 Å². The molecule has 1 atom stereocenters. The van der Waals surface area contributed by atoms with E-state index in [9.17, 15) is 14.7 Å². The Morgan fingerprint density at radius 1 is 0.974 bits per heavy atom. The highest BCUT2D eigenvalue weighted by atomic mass is 33.1. The first kappa shape index (κ1) is 30.2. The maximum atomic E-state index is 13.0. The third-order valence-electron chi connectivity index (χ3n) is 6.67. The van der Waals surface area contributed by atoms with Gasteiger partial charge in [0.15, 0.2) is 11.4 Å². The number of unbranched alkanes of at least 4 members (excludes halogenated alkanes) is 2. The van der Waals surface area contributed by atoms with Crippen LogP contribution in [0.3, 0.4) is 0 Å². The summed E-state index contributed by atoms with van der Waals surface area (Å²) < 4.78 is 11.9. The molecule has 1 aliphatic rings. The molecule has 2 aromatic carbocycles. The van der Waals surface area contributed by atoms with Gasteiger partial charge < -0.3 is 14.6 Å². The molecule has 0 spiro atoms. The first-order valence-electron chi connectivity index (χ1n) is 13.3. The minimum absolute atomic E-state index is 0.0756. The molecule has 5 nitrogen and oxygen atoms in total. The number of carboxylic acids is 1. The Labute approximate surface area is 235 Å². The molecule has 1 saturated heterocycles. The Hall–Kier alpha value is -2.38. The zero-order valence-electron chi connectivity index (χ0n) is 23.4. The van der Waals surface area contributed by atoms with E-state index in [4.69, 9.17) is 9.47 Å². The molecule has 1 heterocycles. The molecule has 0 aliphatic carbocycles. The van der Waals surface area contributed by atoms with Crippen molar-refractivity contribution in [1.82, 2.24) is 0 Å². The summed E-state index contributed by atoms with van der Waals surface area (Å²) in [6.07, 6.45) is 9.50. The third kappa shape index (κ3) is 8.31. The number of benzene rings is 2. The summed E-state index contributed by atoms with van der Waals surface area (Å²) in [5.41, 5.74) is 3.72. The van der Waals surface area contributed by atoms with Crippen LogP contribution in [0.4, 0.5) is 0 Å². The van der Waals surface area contributed by atoms with Crippen molar-refractivity contribution in [3.8, 4) is 11.5 Å². The number of carbonyl (C=O) groups is 2. The number of carbonyl (C=O) groups excluding carboxylic acids is 1. The van der Waals surface area contributed by atoms with Crippen LogP contribution in [0.5, 0.6) is 11.5 Å². The number of hydrogen-bond acceptors (Lipinski definition) is 6. The topological polar surface area (TPSA) is 72.8 Å². The van der Waals surface area contributed by atoms with Crippen LogP contribution >= 0.6 is 21.6 Å². The number of ether oxygens (including phenoxy) is 2. The molecule has 2 aromatic rings. The summed E-state index contributed by atoms with van der Waals surface area (Å²) in [6.45, 7) is 11.5. The standard InChI is InChI=1S/C31H40O5S2/c1-20-16-24(17-21(2)29(20)36-31(5,6)30(33)34)11-12-27(32)25-18-22(3)28(23(4)19-25)35-14-9-7-8-10-26-13-15-37-38-26/h11-12,16-19,26H,7-10,13-15H2,1-6H3,(H,33,34)/t26-/m1/s1. The van der Waals surface area contributed by atoms with Crippen LogP contribution in [0.15, 0.2) is 30.3 Å². The van der Waals surface area contributed by atoms with E-state index in [0.717, 1.165) is 45.2 Å². The third-order valence-corrected chi connectivity index (χ3v) is 9.68. The van der Waals surface area contributed by atoms with Crippen LogP contribution in [0.2, 0.25) is 0 Å². The zero-order valence-corrected chi connectivity index (χ0v) is 25.0. The van der Waals surface area contributed by atoms with Gasteiger partial charge in [-0.2, -0.15) is 0 Å². The van der Waals surface area contributed by atoms with Gasteiger partial charge in [0.2, 0.25) is 0 Å². The van der Waals surface area contributed by atoms with Gasteiger partial charge in [-0.05, 0) is 119 Å². The van der Waals surface area contributed by atoms with Gasteiger partial charge in [-0.3, -0.25) is 4.79 Å². The van der Waals surface area contributed by atoms with Crippen molar-refractivity contribution >= 4 is 39.4 Å². The van der Waals surface area contributed by atoms with Gasteiger partial charge in [0.05, 0.1) is 6.61 Å². The van der Waals surface area contributed by atoms with Crippen molar-refractivity contribution in [2.75, 3.05) is 12.4 Å². The highest BCUT2D eigenvalue weighted by Gasteiger charge is 2.30. The minimum atomic E-state index is -1.33. The average molecular weight is 557 g/mol. The molecular weight excluding hydrogens is 516 g/mol. The fourth-order valence-electron chi connectivity index (χ4n) is 4.52. The maximum absolute atomic E-state index is 13.0. The lowest BCUT2D eigenvalue weighted by atomic mass is 10.0. The quantitative estimate of drug-likeness (QED) is 0.115. The second-order valence-electron chi connectivity index (χ2n) is 10.6. The smallest absolute Gasteiger partial charge is 0.347 e. The van der Waals surface area contributed by atoms with Crippen LogP contribution in [0.1, 0.15) is 84.1 Å².